The fourth-order valence-corrected chi connectivity index (χ4v) is 1.84. The van der Waals surface area contributed by atoms with E-state index in [1.165, 1.54) is 11.3 Å². The van der Waals surface area contributed by atoms with E-state index in [2.05, 4.69) is 17.2 Å². The Labute approximate surface area is 105 Å². The van der Waals surface area contributed by atoms with E-state index in [0.717, 1.165) is 24.5 Å². The molecular formula is C11H19N3O2S. The number of hydrogen-bond acceptors (Lipinski definition) is 5. The van der Waals surface area contributed by atoms with E-state index in [1.807, 2.05) is 0 Å². The van der Waals surface area contributed by atoms with Gasteiger partial charge < -0.3 is 15.8 Å². The minimum absolute atomic E-state index is 0.167. The molecule has 6 heteroatoms. The molecule has 5 nitrogen and oxygen atoms in total. The predicted octanol–water partition coefficient (Wildman–Crippen LogP) is 1.15. The van der Waals surface area contributed by atoms with Gasteiger partial charge in [0, 0.05) is 25.1 Å². The number of carbonyl (C=O) groups is 1. The number of hydrogen-bond donors (Lipinski definition) is 2. The first-order chi connectivity index (χ1) is 8.27. The Balaban J connectivity index is 2.16. The molecule has 0 aliphatic carbocycles. The van der Waals surface area contributed by atoms with Crippen LogP contribution < -0.4 is 11.1 Å². The summed E-state index contributed by atoms with van der Waals surface area (Å²) >= 11 is 1.40. The third kappa shape index (κ3) is 5.25. The van der Waals surface area contributed by atoms with Gasteiger partial charge in [-0.05, 0) is 6.42 Å². The maximum absolute atomic E-state index is 11.6. The highest BCUT2D eigenvalue weighted by Crippen LogP contribution is 2.08. The fraction of sp³-hybridized carbons (Fsp3) is 0.636. The summed E-state index contributed by atoms with van der Waals surface area (Å²) in [7, 11) is 0. The van der Waals surface area contributed by atoms with Crippen molar-refractivity contribution in [2.45, 2.75) is 26.3 Å². The van der Waals surface area contributed by atoms with Gasteiger partial charge in [-0.15, -0.1) is 11.3 Å². The van der Waals surface area contributed by atoms with E-state index in [1.54, 1.807) is 5.38 Å². The quantitative estimate of drug-likeness (QED) is 0.685. The number of rotatable bonds is 8. The highest BCUT2D eigenvalue weighted by atomic mass is 32.1. The Morgan fingerprint density at radius 2 is 2.41 bits per heavy atom. The Morgan fingerprint density at radius 3 is 3.06 bits per heavy atom. The largest absolute Gasteiger partial charge is 0.380 e. The predicted molar refractivity (Wildman–Crippen MR) is 68.1 cm³/mol. The average molecular weight is 257 g/mol. The van der Waals surface area contributed by atoms with Gasteiger partial charge in [0.25, 0.3) is 5.91 Å². The molecule has 3 N–H and O–H groups in total. The van der Waals surface area contributed by atoms with Gasteiger partial charge in [0.1, 0.15) is 10.7 Å². The molecule has 17 heavy (non-hydrogen) atoms. The first-order valence-electron chi connectivity index (χ1n) is 5.78. The average Bonchev–Trinajstić information content (AvgIpc) is 2.82. The lowest BCUT2D eigenvalue weighted by Gasteiger charge is -2.04. The molecule has 0 saturated carbocycles. The van der Waals surface area contributed by atoms with Crippen LogP contribution in [0.15, 0.2) is 5.38 Å². The van der Waals surface area contributed by atoms with Crippen LogP contribution >= 0.6 is 11.3 Å². The van der Waals surface area contributed by atoms with E-state index in [-0.39, 0.29) is 5.91 Å². The van der Waals surface area contributed by atoms with Crippen molar-refractivity contribution in [3.8, 4) is 0 Å². The van der Waals surface area contributed by atoms with Crippen molar-refractivity contribution >= 4 is 17.2 Å². The van der Waals surface area contributed by atoms with Gasteiger partial charge in [-0.25, -0.2) is 4.98 Å². The first kappa shape index (κ1) is 14.1. The summed E-state index contributed by atoms with van der Waals surface area (Å²) in [4.78, 5) is 15.7. The van der Waals surface area contributed by atoms with Crippen LogP contribution in [-0.4, -0.2) is 30.6 Å². The number of aromatic nitrogens is 1. The highest BCUT2D eigenvalue weighted by Gasteiger charge is 2.08. The molecule has 0 radical (unpaired) electrons. The molecule has 1 heterocycles. The Morgan fingerprint density at radius 1 is 1.59 bits per heavy atom. The molecule has 0 aromatic carbocycles. The van der Waals surface area contributed by atoms with Gasteiger partial charge in [-0.2, -0.15) is 0 Å². The molecule has 0 saturated heterocycles. The molecule has 1 rings (SSSR count). The fourth-order valence-electron chi connectivity index (χ4n) is 1.18. The molecule has 0 aliphatic rings. The van der Waals surface area contributed by atoms with Crippen molar-refractivity contribution in [3.63, 3.8) is 0 Å². The Hall–Kier alpha value is -0.980. The number of nitrogens with one attached hydrogen (secondary N) is 1. The first-order valence-corrected chi connectivity index (χ1v) is 6.66. The Bertz CT molecular complexity index is 341. The van der Waals surface area contributed by atoms with Gasteiger partial charge in [0.05, 0.1) is 6.61 Å². The summed E-state index contributed by atoms with van der Waals surface area (Å²) in [6.45, 7) is 4.29. The van der Waals surface area contributed by atoms with Crippen LogP contribution in [0.3, 0.4) is 0 Å². The molecule has 1 aromatic rings. The summed E-state index contributed by atoms with van der Waals surface area (Å²) in [5, 5.41) is 5.24. The van der Waals surface area contributed by atoms with Gasteiger partial charge in [0.2, 0.25) is 0 Å². The molecule has 1 aromatic heterocycles. The lowest BCUT2D eigenvalue weighted by atomic mass is 10.4. The van der Waals surface area contributed by atoms with E-state index in [0.29, 0.717) is 25.4 Å². The molecule has 0 aliphatic heterocycles. The minimum Gasteiger partial charge on any atom is -0.380 e. The molecule has 1 amide bonds. The lowest BCUT2D eigenvalue weighted by Crippen LogP contribution is -2.27. The van der Waals surface area contributed by atoms with E-state index < -0.39 is 0 Å². The van der Waals surface area contributed by atoms with Crippen molar-refractivity contribution in [2.75, 3.05) is 19.8 Å². The second-order valence-corrected chi connectivity index (χ2v) is 4.50. The van der Waals surface area contributed by atoms with Crippen LogP contribution in [0, 0.1) is 0 Å². The lowest BCUT2D eigenvalue weighted by molar-refractivity contribution is 0.0908. The normalized spacial score (nSPS) is 10.5. The summed E-state index contributed by atoms with van der Waals surface area (Å²) in [6.07, 6.45) is 2.17. The molecule has 0 bridgehead atoms. The zero-order valence-electron chi connectivity index (χ0n) is 10.1. The molecule has 0 spiro atoms. The van der Waals surface area contributed by atoms with Crippen molar-refractivity contribution in [3.05, 3.63) is 16.1 Å². The van der Waals surface area contributed by atoms with Crippen molar-refractivity contribution in [1.82, 2.24) is 10.3 Å². The second kappa shape index (κ2) is 8.16. The summed E-state index contributed by atoms with van der Waals surface area (Å²) in [5.74, 6) is -0.167. The number of nitrogens with zero attached hydrogens (tertiary/aromatic N) is 1. The molecular weight excluding hydrogens is 238 g/mol. The van der Waals surface area contributed by atoms with Crippen molar-refractivity contribution in [2.24, 2.45) is 5.73 Å². The topological polar surface area (TPSA) is 77.2 Å². The number of carbonyl (C=O) groups excluding carboxylic acids is 1. The zero-order valence-corrected chi connectivity index (χ0v) is 10.9. The number of nitrogens with two attached hydrogens (primary N) is 1. The summed E-state index contributed by atoms with van der Waals surface area (Å²) in [6, 6.07) is 0. The number of thiazole rings is 1. The van der Waals surface area contributed by atoms with Gasteiger partial charge >= 0.3 is 0 Å². The van der Waals surface area contributed by atoms with Crippen LogP contribution in [0.2, 0.25) is 0 Å². The highest BCUT2D eigenvalue weighted by molar-refractivity contribution is 7.09. The maximum atomic E-state index is 11.6. The molecule has 0 fully saturated rings. The summed E-state index contributed by atoms with van der Waals surface area (Å²) < 4.78 is 5.33. The Kier molecular flexibility index (Phi) is 6.76. The van der Waals surface area contributed by atoms with Gasteiger partial charge in [-0.1, -0.05) is 13.3 Å². The van der Waals surface area contributed by atoms with Crippen LogP contribution in [0.4, 0.5) is 0 Å². The second-order valence-electron chi connectivity index (χ2n) is 3.55. The van der Waals surface area contributed by atoms with E-state index in [9.17, 15) is 4.79 Å². The maximum Gasteiger partial charge on any atom is 0.270 e. The van der Waals surface area contributed by atoms with Crippen molar-refractivity contribution in [1.29, 1.82) is 0 Å². The molecule has 0 unspecified atom stereocenters. The number of amides is 1. The third-order valence-electron chi connectivity index (χ3n) is 2.13. The van der Waals surface area contributed by atoms with Crippen molar-refractivity contribution < 1.29 is 9.53 Å². The zero-order chi connectivity index (χ0) is 12.5. The minimum atomic E-state index is -0.167. The van der Waals surface area contributed by atoms with Crippen LogP contribution in [0.25, 0.3) is 0 Å². The number of unbranched alkanes of at least 4 members (excludes halogenated alkanes) is 1. The van der Waals surface area contributed by atoms with Gasteiger partial charge in [0.15, 0.2) is 0 Å². The third-order valence-corrected chi connectivity index (χ3v) is 3.00. The van der Waals surface area contributed by atoms with Gasteiger partial charge in [-0.3, -0.25) is 4.79 Å². The molecule has 96 valence electrons. The standard InChI is InChI=1S/C11H19N3O2S/c1-2-3-5-16-6-4-13-11(15)9-8-17-10(7-12)14-9/h8H,2-7,12H2,1H3,(H,13,15). The van der Waals surface area contributed by atoms with Crippen LogP contribution in [0.5, 0.6) is 0 Å². The number of ether oxygens (including phenoxy) is 1. The van der Waals surface area contributed by atoms with E-state index >= 15 is 0 Å². The monoisotopic (exact) mass is 257 g/mol. The van der Waals surface area contributed by atoms with E-state index in [4.69, 9.17) is 10.5 Å². The SMILES string of the molecule is CCCCOCCNC(=O)c1csc(CN)n1. The summed E-state index contributed by atoms with van der Waals surface area (Å²) in [5.41, 5.74) is 5.86. The molecule has 0 atom stereocenters. The van der Waals surface area contributed by atoms with Crippen LogP contribution in [-0.2, 0) is 11.3 Å². The smallest absolute Gasteiger partial charge is 0.270 e. The van der Waals surface area contributed by atoms with Crippen LogP contribution in [0.1, 0.15) is 35.3 Å².